The second kappa shape index (κ2) is 4.63. The monoisotopic (exact) mass is 247 g/mol. The predicted molar refractivity (Wildman–Crippen MR) is 73.5 cm³/mol. The Hall–Kier alpha value is -1.52. The molecule has 0 spiro atoms. The average molecular weight is 247 g/mol. The fourth-order valence-electron chi connectivity index (χ4n) is 2.51. The summed E-state index contributed by atoms with van der Waals surface area (Å²) in [6.45, 7) is 2.88. The number of nitrogens with zero attached hydrogens (tertiary/aromatic N) is 2. The zero-order valence-electron chi connectivity index (χ0n) is 10.8. The third kappa shape index (κ3) is 2.66. The molecule has 5 nitrogen and oxygen atoms in total. The lowest BCUT2D eigenvalue weighted by atomic mass is 10.1. The molecule has 18 heavy (non-hydrogen) atoms. The summed E-state index contributed by atoms with van der Waals surface area (Å²) in [7, 11) is 0. The first kappa shape index (κ1) is 11.6. The SMILES string of the molecule is CCNc1cc(NC(C2CC2)C2CC2)nc(N)n1. The molecule has 2 saturated carbocycles. The molecule has 0 aliphatic heterocycles. The summed E-state index contributed by atoms with van der Waals surface area (Å²) in [5.74, 6) is 3.69. The van der Waals surface area contributed by atoms with Crippen LogP contribution in [0, 0.1) is 11.8 Å². The van der Waals surface area contributed by atoms with Crippen molar-refractivity contribution < 1.29 is 0 Å². The topological polar surface area (TPSA) is 75.9 Å². The van der Waals surface area contributed by atoms with Crippen LogP contribution in [0.2, 0.25) is 0 Å². The molecule has 0 atom stereocenters. The Balaban J connectivity index is 1.73. The maximum Gasteiger partial charge on any atom is 0.223 e. The molecule has 0 saturated heterocycles. The van der Waals surface area contributed by atoms with E-state index in [1.807, 2.05) is 13.0 Å². The zero-order valence-corrected chi connectivity index (χ0v) is 10.8. The lowest BCUT2D eigenvalue weighted by Gasteiger charge is -2.18. The normalized spacial score (nSPS) is 19.0. The molecule has 1 heterocycles. The first-order chi connectivity index (χ1) is 8.76. The summed E-state index contributed by atoms with van der Waals surface area (Å²) in [4.78, 5) is 8.46. The minimum Gasteiger partial charge on any atom is -0.370 e. The van der Waals surface area contributed by atoms with E-state index in [2.05, 4.69) is 20.6 Å². The van der Waals surface area contributed by atoms with Crippen LogP contribution < -0.4 is 16.4 Å². The average Bonchev–Trinajstić information content (AvgIpc) is 3.18. The van der Waals surface area contributed by atoms with Gasteiger partial charge in [0.15, 0.2) is 0 Å². The molecule has 2 fully saturated rings. The van der Waals surface area contributed by atoms with Crippen molar-refractivity contribution >= 4 is 17.6 Å². The van der Waals surface area contributed by atoms with Gasteiger partial charge in [-0.1, -0.05) is 0 Å². The van der Waals surface area contributed by atoms with Crippen molar-refractivity contribution in [3.8, 4) is 0 Å². The second-order valence-corrected chi connectivity index (χ2v) is 5.37. The van der Waals surface area contributed by atoms with Crippen LogP contribution in [-0.4, -0.2) is 22.6 Å². The fourth-order valence-corrected chi connectivity index (χ4v) is 2.51. The number of nitrogens with one attached hydrogen (secondary N) is 2. The van der Waals surface area contributed by atoms with Crippen molar-refractivity contribution in [2.75, 3.05) is 22.9 Å². The van der Waals surface area contributed by atoms with Crippen LogP contribution in [-0.2, 0) is 0 Å². The Kier molecular flexibility index (Phi) is 2.97. The van der Waals surface area contributed by atoms with Gasteiger partial charge in [-0.25, -0.2) is 0 Å². The number of hydrogen-bond acceptors (Lipinski definition) is 5. The van der Waals surface area contributed by atoms with Crippen LogP contribution in [0.4, 0.5) is 17.6 Å². The Morgan fingerprint density at radius 1 is 1.22 bits per heavy atom. The van der Waals surface area contributed by atoms with Gasteiger partial charge in [-0.15, -0.1) is 0 Å². The van der Waals surface area contributed by atoms with Gasteiger partial charge in [-0.05, 0) is 44.4 Å². The lowest BCUT2D eigenvalue weighted by molar-refractivity contribution is 0.565. The molecule has 0 bridgehead atoms. The molecule has 4 N–H and O–H groups in total. The second-order valence-electron chi connectivity index (χ2n) is 5.37. The molecule has 0 unspecified atom stereocenters. The van der Waals surface area contributed by atoms with E-state index in [1.54, 1.807) is 0 Å². The Morgan fingerprint density at radius 3 is 2.39 bits per heavy atom. The highest BCUT2D eigenvalue weighted by atomic mass is 15.1. The molecule has 98 valence electrons. The number of nitrogens with two attached hydrogens (primary N) is 1. The molecule has 0 amide bonds. The molecule has 0 aromatic carbocycles. The van der Waals surface area contributed by atoms with E-state index in [9.17, 15) is 0 Å². The van der Waals surface area contributed by atoms with Crippen molar-refractivity contribution in [1.29, 1.82) is 0 Å². The molecule has 1 aromatic heterocycles. The first-order valence-electron chi connectivity index (χ1n) is 6.91. The fraction of sp³-hybridized carbons (Fsp3) is 0.692. The Bertz CT molecular complexity index is 413. The maximum absolute atomic E-state index is 5.75. The van der Waals surface area contributed by atoms with Gasteiger partial charge < -0.3 is 16.4 Å². The van der Waals surface area contributed by atoms with Crippen LogP contribution in [0.3, 0.4) is 0 Å². The van der Waals surface area contributed by atoms with E-state index >= 15 is 0 Å². The third-order valence-corrected chi connectivity index (χ3v) is 3.68. The highest BCUT2D eigenvalue weighted by Crippen LogP contribution is 2.45. The number of nitrogen functional groups attached to an aromatic ring is 1. The highest BCUT2D eigenvalue weighted by molar-refractivity contribution is 5.51. The summed E-state index contributed by atoms with van der Waals surface area (Å²) >= 11 is 0. The van der Waals surface area contributed by atoms with Crippen molar-refractivity contribution in [2.24, 2.45) is 11.8 Å². The van der Waals surface area contributed by atoms with E-state index in [-0.39, 0.29) is 0 Å². The van der Waals surface area contributed by atoms with E-state index < -0.39 is 0 Å². The number of rotatable bonds is 6. The summed E-state index contributed by atoms with van der Waals surface area (Å²) in [6.07, 6.45) is 5.42. The smallest absolute Gasteiger partial charge is 0.223 e. The molecule has 2 aliphatic rings. The van der Waals surface area contributed by atoms with Gasteiger partial charge in [0.1, 0.15) is 11.6 Å². The quantitative estimate of drug-likeness (QED) is 0.717. The molecular weight excluding hydrogens is 226 g/mol. The molecule has 0 radical (unpaired) electrons. The van der Waals surface area contributed by atoms with E-state index in [4.69, 9.17) is 5.73 Å². The lowest BCUT2D eigenvalue weighted by Crippen LogP contribution is -2.25. The van der Waals surface area contributed by atoms with Gasteiger partial charge in [-0.2, -0.15) is 9.97 Å². The van der Waals surface area contributed by atoms with Crippen LogP contribution >= 0.6 is 0 Å². The Morgan fingerprint density at radius 2 is 1.83 bits per heavy atom. The van der Waals surface area contributed by atoms with Gasteiger partial charge in [0.2, 0.25) is 5.95 Å². The zero-order chi connectivity index (χ0) is 12.5. The Labute approximate surface area is 108 Å². The molecule has 3 rings (SSSR count). The molecule has 5 heteroatoms. The highest BCUT2D eigenvalue weighted by Gasteiger charge is 2.41. The largest absolute Gasteiger partial charge is 0.370 e. The van der Waals surface area contributed by atoms with Crippen LogP contribution in [0.5, 0.6) is 0 Å². The standard InChI is InChI=1S/C13H21N5/c1-2-15-10-7-11(18-13(14)17-10)16-12(8-3-4-8)9-5-6-9/h7-9,12H,2-6H2,1H3,(H4,14,15,16,17,18). The molecule has 1 aromatic rings. The minimum absolute atomic E-state index is 0.335. The summed E-state index contributed by atoms with van der Waals surface area (Å²) in [6, 6.07) is 2.55. The summed E-state index contributed by atoms with van der Waals surface area (Å²) < 4.78 is 0. The van der Waals surface area contributed by atoms with Crippen LogP contribution in [0.25, 0.3) is 0 Å². The van der Waals surface area contributed by atoms with E-state index in [1.165, 1.54) is 25.7 Å². The van der Waals surface area contributed by atoms with Crippen LogP contribution in [0.1, 0.15) is 32.6 Å². The number of anilines is 3. The summed E-state index contributed by atoms with van der Waals surface area (Å²) in [5, 5.41) is 6.75. The van der Waals surface area contributed by atoms with E-state index in [0.29, 0.717) is 12.0 Å². The molecular formula is C13H21N5. The van der Waals surface area contributed by atoms with Gasteiger partial charge >= 0.3 is 0 Å². The minimum atomic E-state index is 0.335. The number of hydrogen-bond donors (Lipinski definition) is 3. The third-order valence-electron chi connectivity index (χ3n) is 3.68. The van der Waals surface area contributed by atoms with E-state index in [0.717, 1.165) is 30.0 Å². The van der Waals surface area contributed by atoms with Gasteiger partial charge in [0.05, 0.1) is 0 Å². The van der Waals surface area contributed by atoms with Crippen molar-refractivity contribution in [3.05, 3.63) is 6.07 Å². The maximum atomic E-state index is 5.75. The number of aromatic nitrogens is 2. The molecule has 2 aliphatic carbocycles. The van der Waals surface area contributed by atoms with Crippen molar-refractivity contribution in [3.63, 3.8) is 0 Å². The van der Waals surface area contributed by atoms with Crippen molar-refractivity contribution in [1.82, 2.24) is 9.97 Å². The van der Waals surface area contributed by atoms with Gasteiger partial charge in [0.25, 0.3) is 0 Å². The van der Waals surface area contributed by atoms with Gasteiger partial charge in [0, 0.05) is 18.7 Å². The van der Waals surface area contributed by atoms with Crippen molar-refractivity contribution in [2.45, 2.75) is 38.6 Å². The first-order valence-corrected chi connectivity index (χ1v) is 6.91. The van der Waals surface area contributed by atoms with Crippen LogP contribution in [0.15, 0.2) is 6.07 Å². The predicted octanol–water partition coefficient (Wildman–Crippen LogP) is 2.09. The summed E-state index contributed by atoms with van der Waals surface area (Å²) in [5.41, 5.74) is 5.75. The van der Waals surface area contributed by atoms with Gasteiger partial charge in [-0.3, -0.25) is 0 Å².